The minimum atomic E-state index is -0.0776. The predicted molar refractivity (Wildman–Crippen MR) is 87.9 cm³/mol. The second-order valence-corrected chi connectivity index (χ2v) is 4.53. The monoisotopic (exact) mass is 374 g/mol. The van der Waals surface area contributed by atoms with Crippen LogP contribution in [0.25, 0.3) is 0 Å². The van der Waals surface area contributed by atoms with E-state index in [1.807, 2.05) is 31.2 Å². The number of guanidine groups is 1. The Bertz CT molecular complexity index is 454. The van der Waals surface area contributed by atoms with E-state index in [2.05, 4.69) is 15.6 Å². The van der Waals surface area contributed by atoms with Crippen LogP contribution in [0.15, 0.2) is 29.3 Å². The zero-order chi connectivity index (χ0) is 13.0. The Morgan fingerprint density at radius 3 is 2.58 bits per heavy atom. The SMILES string of the molecule is Cc1ccc(NC(N)=NCC(=O)NC2CC2)cc1.I. The number of hydrogen-bond acceptors (Lipinski definition) is 2. The minimum Gasteiger partial charge on any atom is -0.370 e. The van der Waals surface area contributed by atoms with Gasteiger partial charge in [0.15, 0.2) is 5.96 Å². The number of nitrogens with two attached hydrogens (primary N) is 1. The van der Waals surface area contributed by atoms with Crippen molar-refractivity contribution in [2.75, 3.05) is 11.9 Å². The van der Waals surface area contributed by atoms with Crippen molar-refractivity contribution in [1.82, 2.24) is 5.32 Å². The fourth-order valence-corrected chi connectivity index (χ4v) is 1.48. The second kappa shape index (κ2) is 7.32. The van der Waals surface area contributed by atoms with Crippen molar-refractivity contribution in [2.24, 2.45) is 10.7 Å². The largest absolute Gasteiger partial charge is 0.370 e. The van der Waals surface area contributed by atoms with Gasteiger partial charge in [0, 0.05) is 11.7 Å². The Morgan fingerprint density at radius 1 is 1.37 bits per heavy atom. The Morgan fingerprint density at radius 2 is 2.00 bits per heavy atom. The maximum Gasteiger partial charge on any atom is 0.242 e. The van der Waals surface area contributed by atoms with Crippen molar-refractivity contribution in [3.63, 3.8) is 0 Å². The molecule has 1 saturated carbocycles. The highest BCUT2D eigenvalue weighted by Crippen LogP contribution is 2.18. The molecule has 0 bridgehead atoms. The third-order valence-electron chi connectivity index (χ3n) is 2.66. The Kier molecular flexibility index (Phi) is 6.07. The van der Waals surface area contributed by atoms with Crippen LogP contribution in [-0.2, 0) is 4.79 Å². The first-order valence-corrected chi connectivity index (χ1v) is 6.06. The molecule has 0 spiro atoms. The van der Waals surface area contributed by atoms with Gasteiger partial charge in [0.1, 0.15) is 6.54 Å². The summed E-state index contributed by atoms with van der Waals surface area (Å²) in [4.78, 5) is 15.4. The number of hydrogen-bond donors (Lipinski definition) is 3. The van der Waals surface area contributed by atoms with Crippen molar-refractivity contribution in [2.45, 2.75) is 25.8 Å². The van der Waals surface area contributed by atoms with Crippen LogP contribution < -0.4 is 16.4 Å². The van der Waals surface area contributed by atoms with Gasteiger partial charge in [0.2, 0.25) is 5.91 Å². The van der Waals surface area contributed by atoms with Gasteiger partial charge in [-0.2, -0.15) is 0 Å². The molecular formula is C13H19IN4O. The standard InChI is InChI=1S/C13H18N4O.HI/c1-9-2-4-11(5-3-9)17-13(14)15-8-12(18)16-10-6-7-10;/h2-5,10H,6-8H2,1H3,(H,16,18)(H3,14,15,17);1H. The predicted octanol–water partition coefficient (Wildman–Crippen LogP) is 1.62. The lowest BCUT2D eigenvalue weighted by Crippen LogP contribution is -2.30. The number of amides is 1. The lowest BCUT2D eigenvalue weighted by atomic mass is 10.2. The van der Waals surface area contributed by atoms with Gasteiger partial charge in [-0.1, -0.05) is 17.7 Å². The topological polar surface area (TPSA) is 79.5 Å². The molecule has 0 unspecified atom stereocenters. The quantitative estimate of drug-likeness (QED) is 0.426. The summed E-state index contributed by atoms with van der Waals surface area (Å²) in [7, 11) is 0. The number of rotatable bonds is 4. The van der Waals surface area contributed by atoms with E-state index < -0.39 is 0 Å². The molecule has 5 nitrogen and oxygen atoms in total. The number of carbonyl (C=O) groups is 1. The zero-order valence-corrected chi connectivity index (χ0v) is 13.2. The van der Waals surface area contributed by atoms with E-state index in [-0.39, 0.29) is 42.4 Å². The Balaban J connectivity index is 0.00000180. The number of carbonyl (C=O) groups excluding carboxylic acids is 1. The number of halogens is 1. The second-order valence-electron chi connectivity index (χ2n) is 4.53. The molecule has 0 atom stereocenters. The van der Waals surface area contributed by atoms with Crippen LogP contribution in [0.3, 0.4) is 0 Å². The number of nitrogens with one attached hydrogen (secondary N) is 2. The highest BCUT2D eigenvalue weighted by molar-refractivity contribution is 14.0. The summed E-state index contributed by atoms with van der Waals surface area (Å²) in [5, 5.41) is 5.79. The average Bonchev–Trinajstić information content (AvgIpc) is 3.13. The molecule has 1 aliphatic rings. The van der Waals surface area contributed by atoms with E-state index in [1.54, 1.807) is 0 Å². The van der Waals surface area contributed by atoms with Gasteiger partial charge in [-0.25, -0.2) is 4.99 Å². The molecule has 1 aliphatic carbocycles. The number of anilines is 1. The molecule has 19 heavy (non-hydrogen) atoms. The number of nitrogens with zero attached hydrogens (tertiary/aromatic N) is 1. The van der Waals surface area contributed by atoms with Crippen LogP contribution in [0, 0.1) is 6.92 Å². The molecule has 0 radical (unpaired) electrons. The van der Waals surface area contributed by atoms with Crippen molar-refractivity contribution in [1.29, 1.82) is 0 Å². The van der Waals surface area contributed by atoms with E-state index >= 15 is 0 Å². The summed E-state index contributed by atoms with van der Waals surface area (Å²) >= 11 is 0. The molecule has 1 aromatic rings. The number of benzene rings is 1. The third-order valence-corrected chi connectivity index (χ3v) is 2.66. The van der Waals surface area contributed by atoms with Crippen molar-refractivity contribution in [3.05, 3.63) is 29.8 Å². The maximum atomic E-state index is 11.4. The van der Waals surface area contributed by atoms with E-state index in [4.69, 9.17) is 5.73 Å². The fraction of sp³-hybridized carbons (Fsp3) is 0.385. The van der Waals surface area contributed by atoms with Crippen molar-refractivity contribution >= 4 is 41.5 Å². The molecule has 0 saturated heterocycles. The Labute approximate surface area is 130 Å². The zero-order valence-electron chi connectivity index (χ0n) is 10.8. The fourth-order valence-electron chi connectivity index (χ4n) is 1.48. The summed E-state index contributed by atoms with van der Waals surface area (Å²) < 4.78 is 0. The van der Waals surface area contributed by atoms with Crippen LogP contribution in [-0.4, -0.2) is 24.5 Å². The molecule has 0 aliphatic heterocycles. The van der Waals surface area contributed by atoms with Gasteiger partial charge >= 0.3 is 0 Å². The molecule has 104 valence electrons. The van der Waals surface area contributed by atoms with Crippen LogP contribution in [0.1, 0.15) is 18.4 Å². The summed E-state index contributed by atoms with van der Waals surface area (Å²) in [6.45, 7) is 2.09. The lowest BCUT2D eigenvalue weighted by molar-refractivity contribution is -0.119. The Hall–Kier alpha value is -1.31. The van der Waals surface area contributed by atoms with Crippen LogP contribution >= 0.6 is 24.0 Å². The van der Waals surface area contributed by atoms with Gasteiger partial charge in [-0.05, 0) is 31.9 Å². The van der Waals surface area contributed by atoms with Crippen molar-refractivity contribution in [3.8, 4) is 0 Å². The molecule has 1 amide bonds. The molecule has 1 fully saturated rings. The first-order chi connectivity index (χ1) is 8.63. The summed E-state index contributed by atoms with van der Waals surface area (Å²) in [6.07, 6.45) is 2.15. The van der Waals surface area contributed by atoms with Crippen LogP contribution in [0.5, 0.6) is 0 Å². The molecule has 6 heteroatoms. The normalized spacial score (nSPS) is 14.5. The van der Waals surface area contributed by atoms with Gasteiger partial charge in [-0.15, -0.1) is 24.0 Å². The van der Waals surface area contributed by atoms with Crippen LogP contribution in [0.4, 0.5) is 5.69 Å². The van der Waals surface area contributed by atoms with E-state index in [0.29, 0.717) is 6.04 Å². The smallest absolute Gasteiger partial charge is 0.242 e. The van der Waals surface area contributed by atoms with E-state index in [1.165, 1.54) is 5.56 Å². The van der Waals surface area contributed by atoms with Gasteiger partial charge in [0.05, 0.1) is 0 Å². The molecule has 0 aromatic heterocycles. The van der Waals surface area contributed by atoms with E-state index in [0.717, 1.165) is 18.5 Å². The van der Waals surface area contributed by atoms with Crippen LogP contribution in [0.2, 0.25) is 0 Å². The molecule has 1 aromatic carbocycles. The highest BCUT2D eigenvalue weighted by atomic mass is 127. The van der Waals surface area contributed by atoms with E-state index in [9.17, 15) is 4.79 Å². The van der Waals surface area contributed by atoms with Crippen molar-refractivity contribution < 1.29 is 4.79 Å². The lowest BCUT2D eigenvalue weighted by Gasteiger charge is -2.06. The summed E-state index contributed by atoms with van der Waals surface area (Å²) in [5.74, 6) is 0.177. The van der Waals surface area contributed by atoms with Gasteiger partial charge in [0.25, 0.3) is 0 Å². The molecule has 0 heterocycles. The number of aliphatic imine (C=N–C) groups is 1. The first-order valence-electron chi connectivity index (χ1n) is 6.06. The molecule has 2 rings (SSSR count). The minimum absolute atomic E-state index is 0. The molecule has 4 N–H and O–H groups in total. The summed E-state index contributed by atoms with van der Waals surface area (Å²) in [6, 6.07) is 8.16. The average molecular weight is 374 g/mol. The molecular weight excluding hydrogens is 355 g/mol. The summed E-state index contributed by atoms with van der Waals surface area (Å²) in [5.41, 5.74) is 7.74. The number of aryl methyl sites for hydroxylation is 1. The van der Waals surface area contributed by atoms with Gasteiger partial charge in [-0.3, -0.25) is 4.79 Å². The third kappa shape index (κ3) is 5.91. The first kappa shape index (κ1) is 15.7. The maximum absolute atomic E-state index is 11.4. The highest BCUT2D eigenvalue weighted by Gasteiger charge is 2.22. The van der Waals surface area contributed by atoms with Gasteiger partial charge < -0.3 is 16.4 Å².